The van der Waals surface area contributed by atoms with E-state index < -0.39 is 0 Å². The minimum atomic E-state index is 0.195. The molecule has 0 aliphatic carbocycles. The fourth-order valence-electron chi connectivity index (χ4n) is 3.68. The molecule has 1 unspecified atom stereocenters. The first-order chi connectivity index (χ1) is 13.7. The van der Waals surface area contributed by atoms with Crippen LogP contribution >= 0.6 is 0 Å². The second-order valence-electron chi connectivity index (χ2n) is 8.36. The molecule has 28 heavy (non-hydrogen) atoms. The van der Waals surface area contributed by atoms with Gasteiger partial charge in [0.05, 0.1) is 6.61 Å². The molecule has 1 atom stereocenters. The summed E-state index contributed by atoms with van der Waals surface area (Å²) in [6.45, 7) is 7.19. The summed E-state index contributed by atoms with van der Waals surface area (Å²) in [5.74, 6) is 0.888. The third-order valence-corrected chi connectivity index (χ3v) is 5.57. The molecule has 0 bridgehead atoms. The minimum absolute atomic E-state index is 0.195. The summed E-state index contributed by atoms with van der Waals surface area (Å²) in [5.41, 5.74) is 0. The molecular weight excluding hydrogens is 348 g/mol. The van der Waals surface area contributed by atoms with Crippen LogP contribution in [0.25, 0.3) is 0 Å². The number of aliphatic hydroxyl groups excluding tert-OH is 1. The molecule has 0 heterocycles. The number of hydrogen-bond acceptors (Lipinski definition) is 3. The van der Waals surface area contributed by atoms with Crippen molar-refractivity contribution >= 4 is 5.91 Å². The second kappa shape index (κ2) is 22.7. The van der Waals surface area contributed by atoms with Gasteiger partial charge in [-0.2, -0.15) is 0 Å². The molecule has 168 valence electrons. The van der Waals surface area contributed by atoms with Gasteiger partial charge in [0, 0.05) is 19.5 Å². The van der Waals surface area contributed by atoms with Crippen LogP contribution < -0.4 is 10.6 Å². The predicted molar refractivity (Wildman–Crippen MR) is 122 cm³/mol. The molecule has 0 aliphatic rings. The van der Waals surface area contributed by atoms with Crippen LogP contribution in [0.5, 0.6) is 0 Å². The Kier molecular flexibility index (Phi) is 22.2. The Morgan fingerprint density at radius 3 is 1.96 bits per heavy atom. The summed E-state index contributed by atoms with van der Waals surface area (Å²) in [4.78, 5) is 12.1. The molecule has 0 aromatic heterocycles. The number of aliphatic hydroxyl groups is 1. The van der Waals surface area contributed by atoms with E-state index in [1.807, 2.05) is 0 Å². The zero-order valence-corrected chi connectivity index (χ0v) is 19.1. The van der Waals surface area contributed by atoms with E-state index in [2.05, 4.69) is 24.5 Å². The van der Waals surface area contributed by atoms with Crippen LogP contribution in [-0.4, -0.2) is 37.3 Å². The molecule has 0 radical (unpaired) electrons. The predicted octanol–water partition coefficient (Wildman–Crippen LogP) is 5.58. The summed E-state index contributed by atoms with van der Waals surface area (Å²) in [7, 11) is 0. The highest BCUT2D eigenvalue weighted by Gasteiger charge is 2.10. The average Bonchev–Trinajstić information content (AvgIpc) is 2.70. The van der Waals surface area contributed by atoms with Crippen LogP contribution in [0.15, 0.2) is 0 Å². The van der Waals surface area contributed by atoms with Crippen molar-refractivity contribution in [3.05, 3.63) is 0 Å². The molecule has 0 spiro atoms. The van der Waals surface area contributed by atoms with Gasteiger partial charge < -0.3 is 15.7 Å². The number of amides is 1. The van der Waals surface area contributed by atoms with Crippen molar-refractivity contribution in [1.29, 1.82) is 0 Å². The molecular formula is C24H50N2O2. The largest absolute Gasteiger partial charge is 0.395 e. The first-order valence-corrected chi connectivity index (χ1v) is 12.3. The first kappa shape index (κ1) is 27.4. The van der Waals surface area contributed by atoms with Crippen molar-refractivity contribution in [1.82, 2.24) is 10.6 Å². The zero-order chi connectivity index (χ0) is 20.7. The molecule has 0 aromatic rings. The van der Waals surface area contributed by atoms with E-state index in [0.29, 0.717) is 18.9 Å². The Balaban J connectivity index is 3.87. The van der Waals surface area contributed by atoms with Gasteiger partial charge >= 0.3 is 0 Å². The number of nitrogens with one attached hydrogen (secondary N) is 2. The lowest BCUT2D eigenvalue weighted by atomic mass is 9.94. The van der Waals surface area contributed by atoms with Gasteiger partial charge in [-0.3, -0.25) is 4.79 Å². The lowest BCUT2D eigenvalue weighted by Gasteiger charge is -2.18. The fraction of sp³-hybridized carbons (Fsp3) is 0.958. The molecule has 1 amide bonds. The number of carbonyl (C=O) groups excluding carboxylic acids is 1. The third-order valence-electron chi connectivity index (χ3n) is 5.57. The first-order valence-electron chi connectivity index (χ1n) is 12.3. The highest BCUT2D eigenvalue weighted by atomic mass is 16.3. The van der Waals surface area contributed by atoms with E-state index in [0.717, 1.165) is 32.4 Å². The Bertz CT molecular complexity index is 324. The third kappa shape index (κ3) is 20.1. The molecule has 0 aromatic carbocycles. The van der Waals surface area contributed by atoms with Crippen LogP contribution in [0.2, 0.25) is 0 Å². The summed E-state index contributed by atoms with van der Waals surface area (Å²) < 4.78 is 0. The summed E-state index contributed by atoms with van der Waals surface area (Å²) in [5, 5.41) is 15.1. The molecule has 0 saturated carbocycles. The highest BCUT2D eigenvalue weighted by Crippen LogP contribution is 2.18. The Morgan fingerprint density at radius 1 is 0.750 bits per heavy atom. The standard InChI is InChI=1S/C24H50N2O2/c1-3-5-7-9-10-13-17-23(16-12-8-6-4-2)22-26-24(28)18-14-11-15-19-25-20-21-27/h23,25,27H,3-22H2,1-2H3,(H,26,28). The number of rotatable bonds is 22. The maximum absolute atomic E-state index is 12.1. The normalized spacial score (nSPS) is 12.2. The smallest absolute Gasteiger partial charge is 0.220 e. The van der Waals surface area contributed by atoms with Gasteiger partial charge in [0.2, 0.25) is 5.91 Å². The van der Waals surface area contributed by atoms with Crippen molar-refractivity contribution in [3.8, 4) is 0 Å². The lowest BCUT2D eigenvalue weighted by Crippen LogP contribution is -2.29. The van der Waals surface area contributed by atoms with Gasteiger partial charge in [-0.05, 0) is 38.1 Å². The molecule has 4 heteroatoms. The second-order valence-corrected chi connectivity index (χ2v) is 8.36. The zero-order valence-electron chi connectivity index (χ0n) is 19.1. The van der Waals surface area contributed by atoms with Crippen molar-refractivity contribution in [3.63, 3.8) is 0 Å². The summed E-state index contributed by atoms with van der Waals surface area (Å²) in [6.07, 6.45) is 19.7. The van der Waals surface area contributed by atoms with Gasteiger partial charge in [-0.15, -0.1) is 0 Å². The lowest BCUT2D eigenvalue weighted by molar-refractivity contribution is -0.121. The Morgan fingerprint density at radius 2 is 1.32 bits per heavy atom. The fourth-order valence-corrected chi connectivity index (χ4v) is 3.68. The van der Waals surface area contributed by atoms with Crippen molar-refractivity contribution in [2.75, 3.05) is 26.2 Å². The maximum Gasteiger partial charge on any atom is 0.220 e. The van der Waals surface area contributed by atoms with Crippen molar-refractivity contribution in [2.24, 2.45) is 5.92 Å². The van der Waals surface area contributed by atoms with E-state index in [-0.39, 0.29) is 12.5 Å². The quantitative estimate of drug-likeness (QED) is 0.209. The van der Waals surface area contributed by atoms with Crippen LogP contribution in [0.3, 0.4) is 0 Å². The van der Waals surface area contributed by atoms with E-state index in [1.165, 1.54) is 77.0 Å². The van der Waals surface area contributed by atoms with Crippen LogP contribution in [0.1, 0.15) is 117 Å². The van der Waals surface area contributed by atoms with Gasteiger partial charge in [-0.1, -0.05) is 84.5 Å². The number of unbranched alkanes of at least 4 members (excludes halogenated alkanes) is 10. The van der Waals surface area contributed by atoms with Gasteiger partial charge in [0.1, 0.15) is 0 Å². The molecule has 4 nitrogen and oxygen atoms in total. The molecule has 0 saturated heterocycles. The average molecular weight is 399 g/mol. The summed E-state index contributed by atoms with van der Waals surface area (Å²) >= 11 is 0. The maximum atomic E-state index is 12.1. The van der Waals surface area contributed by atoms with E-state index in [9.17, 15) is 4.79 Å². The van der Waals surface area contributed by atoms with Crippen molar-refractivity contribution in [2.45, 2.75) is 117 Å². The monoisotopic (exact) mass is 398 g/mol. The van der Waals surface area contributed by atoms with Crippen LogP contribution in [0.4, 0.5) is 0 Å². The highest BCUT2D eigenvalue weighted by molar-refractivity contribution is 5.75. The molecule has 0 rings (SSSR count). The van der Waals surface area contributed by atoms with Gasteiger partial charge in [0.15, 0.2) is 0 Å². The van der Waals surface area contributed by atoms with E-state index in [4.69, 9.17) is 5.11 Å². The molecule has 3 N–H and O–H groups in total. The van der Waals surface area contributed by atoms with Crippen molar-refractivity contribution < 1.29 is 9.90 Å². The Labute approximate surface area is 175 Å². The number of hydrogen-bond donors (Lipinski definition) is 3. The van der Waals surface area contributed by atoms with Crippen LogP contribution in [0, 0.1) is 5.92 Å². The SMILES string of the molecule is CCCCCCCCC(CCCCCC)CNC(=O)CCCCCNCCO. The van der Waals surface area contributed by atoms with Gasteiger partial charge in [0.25, 0.3) is 0 Å². The number of carbonyl (C=O) groups is 1. The van der Waals surface area contributed by atoms with E-state index >= 15 is 0 Å². The summed E-state index contributed by atoms with van der Waals surface area (Å²) in [6, 6.07) is 0. The van der Waals surface area contributed by atoms with Crippen LogP contribution in [-0.2, 0) is 4.79 Å². The minimum Gasteiger partial charge on any atom is -0.395 e. The van der Waals surface area contributed by atoms with Gasteiger partial charge in [-0.25, -0.2) is 0 Å². The topological polar surface area (TPSA) is 61.4 Å². The molecule has 0 fully saturated rings. The Hall–Kier alpha value is -0.610. The van der Waals surface area contributed by atoms with E-state index in [1.54, 1.807) is 0 Å². The molecule has 0 aliphatic heterocycles.